The Balaban J connectivity index is 0. The Morgan fingerprint density at radius 3 is 2.82 bits per heavy atom. The lowest BCUT2D eigenvalue weighted by Crippen LogP contribution is -2.22. The van der Waals surface area contributed by atoms with Gasteiger partial charge in [-0.2, -0.15) is 16.9 Å². The van der Waals surface area contributed by atoms with Crippen molar-refractivity contribution >= 4 is 53.5 Å². The Morgan fingerprint density at radius 2 is 2.29 bits per heavy atom. The fraction of sp³-hybridized carbons (Fsp3) is 0.625. The van der Waals surface area contributed by atoms with Gasteiger partial charge in [0.25, 0.3) is 0 Å². The third-order valence-corrected chi connectivity index (χ3v) is 3.31. The van der Waals surface area contributed by atoms with Gasteiger partial charge < -0.3 is 5.32 Å². The van der Waals surface area contributed by atoms with E-state index >= 15 is 0 Å². The van der Waals surface area contributed by atoms with Crippen molar-refractivity contribution in [3.63, 3.8) is 0 Å². The topological polar surface area (TPSA) is 66.0 Å². The number of aromatic amines is 1. The fourth-order valence-electron chi connectivity index (χ4n) is 0.942. The average molecular weight is 318 g/mol. The summed E-state index contributed by atoms with van der Waals surface area (Å²) in [7, 11) is 1.79. The number of nitrogens with one attached hydrogen (secondary N) is 2. The first-order chi connectivity index (χ1) is 7.36. The molecule has 5 nitrogen and oxygen atoms in total. The summed E-state index contributed by atoms with van der Waals surface area (Å²) in [6.07, 6.45) is 3.54. The number of hydrogen-bond acceptors (Lipinski definition) is 5. The fourth-order valence-corrected chi connectivity index (χ4v) is 2.09. The van der Waals surface area contributed by atoms with E-state index in [1.165, 1.54) is 6.33 Å². The van der Waals surface area contributed by atoms with Gasteiger partial charge in [0.2, 0.25) is 0 Å². The quantitative estimate of drug-likeness (QED) is 0.492. The molecule has 1 aromatic rings. The minimum Gasteiger partial charge on any atom is -0.364 e. The van der Waals surface area contributed by atoms with Gasteiger partial charge in [-0.25, -0.2) is 4.98 Å². The molecule has 9 heteroatoms. The summed E-state index contributed by atoms with van der Waals surface area (Å²) < 4.78 is 0. The van der Waals surface area contributed by atoms with Crippen molar-refractivity contribution in [1.82, 2.24) is 20.5 Å². The summed E-state index contributed by atoms with van der Waals surface area (Å²) in [5.41, 5.74) is 0. The van der Waals surface area contributed by atoms with Crippen molar-refractivity contribution in [2.45, 2.75) is 5.75 Å². The molecule has 0 aromatic carbocycles. The predicted octanol–water partition coefficient (Wildman–Crippen LogP) is 1.82. The van der Waals surface area contributed by atoms with Gasteiger partial charge in [-0.1, -0.05) is 11.8 Å². The van der Waals surface area contributed by atoms with E-state index in [1.54, 1.807) is 18.8 Å². The maximum absolute atomic E-state index is 4.08. The van der Waals surface area contributed by atoms with Gasteiger partial charge in [0.15, 0.2) is 5.17 Å². The van der Waals surface area contributed by atoms with Gasteiger partial charge in [-0.15, -0.1) is 24.8 Å². The minimum atomic E-state index is 0. The zero-order valence-corrected chi connectivity index (χ0v) is 12.9. The SMILES string of the molecule is CN=C(NCCSCc1ncn[nH]1)SC.Cl.Cl. The van der Waals surface area contributed by atoms with Gasteiger partial charge in [-0.05, 0) is 6.26 Å². The molecule has 17 heavy (non-hydrogen) atoms. The van der Waals surface area contributed by atoms with Crippen molar-refractivity contribution in [1.29, 1.82) is 0 Å². The normalized spacial score (nSPS) is 10.4. The molecular formula is C8H17Cl2N5S2. The molecule has 1 rings (SSSR count). The Labute approximate surface area is 122 Å². The Morgan fingerprint density at radius 1 is 1.53 bits per heavy atom. The highest BCUT2D eigenvalue weighted by Gasteiger charge is 1.97. The largest absolute Gasteiger partial charge is 0.364 e. The van der Waals surface area contributed by atoms with E-state index in [2.05, 4.69) is 25.5 Å². The molecule has 1 heterocycles. The molecule has 0 saturated heterocycles. The van der Waals surface area contributed by atoms with Gasteiger partial charge in [0, 0.05) is 19.3 Å². The van der Waals surface area contributed by atoms with E-state index < -0.39 is 0 Å². The van der Waals surface area contributed by atoms with Crippen LogP contribution in [0.2, 0.25) is 0 Å². The smallest absolute Gasteiger partial charge is 0.156 e. The molecule has 0 saturated carbocycles. The van der Waals surface area contributed by atoms with Crippen LogP contribution in [0.15, 0.2) is 11.3 Å². The van der Waals surface area contributed by atoms with Crippen LogP contribution < -0.4 is 5.32 Å². The first-order valence-electron chi connectivity index (χ1n) is 4.53. The van der Waals surface area contributed by atoms with Crippen LogP contribution >= 0.6 is 48.3 Å². The summed E-state index contributed by atoms with van der Waals surface area (Å²) in [6, 6.07) is 0. The van der Waals surface area contributed by atoms with E-state index in [1.807, 2.05) is 18.0 Å². The van der Waals surface area contributed by atoms with Gasteiger partial charge in [0.05, 0.1) is 5.75 Å². The van der Waals surface area contributed by atoms with Crippen molar-refractivity contribution < 1.29 is 0 Å². The lowest BCUT2D eigenvalue weighted by Gasteiger charge is -2.05. The number of rotatable bonds is 5. The van der Waals surface area contributed by atoms with Crippen LogP contribution in [0.1, 0.15) is 5.82 Å². The monoisotopic (exact) mass is 317 g/mol. The van der Waals surface area contributed by atoms with E-state index in [0.717, 1.165) is 29.0 Å². The highest BCUT2D eigenvalue weighted by molar-refractivity contribution is 8.13. The molecule has 0 spiro atoms. The predicted molar refractivity (Wildman–Crippen MR) is 81.9 cm³/mol. The summed E-state index contributed by atoms with van der Waals surface area (Å²) in [6.45, 7) is 0.923. The molecule has 0 atom stereocenters. The summed E-state index contributed by atoms with van der Waals surface area (Å²) in [5.74, 6) is 2.83. The number of aromatic nitrogens is 3. The van der Waals surface area contributed by atoms with Gasteiger partial charge in [0.1, 0.15) is 12.2 Å². The number of nitrogens with zero attached hydrogens (tertiary/aromatic N) is 3. The van der Waals surface area contributed by atoms with Crippen LogP contribution in [0, 0.1) is 0 Å². The van der Waals surface area contributed by atoms with Gasteiger partial charge >= 0.3 is 0 Å². The zero-order valence-electron chi connectivity index (χ0n) is 9.67. The first kappa shape index (κ1) is 19.2. The lowest BCUT2D eigenvalue weighted by atomic mass is 10.7. The summed E-state index contributed by atoms with van der Waals surface area (Å²) in [4.78, 5) is 8.13. The Hall–Kier alpha value is -0.110. The van der Waals surface area contributed by atoms with Crippen molar-refractivity contribution in [2.24, 2.45) is 4.99 Å². The second-order valence-corrected chi connectivity index (χ2v) is 4.54. The molecule has 1 aromatic heterocycles. The maximum atomic E-state index is 4.08. The van der Waals surface area contributed by atoms with E-state index in [4.69, 9.17) is 0 Å². The van der Waals surface area contributed by atoms with E-state index in [9.17, 15) is 0 Å². The van der Waals surface area contributed by atoms with E-state index in [-0.39, 0.29) is 24.8 Å². The summed E-state index contributed by atoms with van der Waals surface area (Å²) >= 11 is 3.44. The molecule has 0 unspecified atom stereocenters. The van der Waals surface area contributed by atoms with Crippen LogP contribution in [-0.2, 0) is 5.75 Å². The molecule has 0 aliphatic carbocycles. The Bertz CT molecular complexity index is 294. The molecule has 2 N–H and O–H groups in total. The molecule has 0 radical (unpaired) electrons. The Kier molecular flexibility index (Phi) is 14.0. The number of thioether (sulfide) groups is 2. The first-order valence-corrected chi connectivity index (χ1v) is 6.91. The number of H-pyrrole nitrogens is 1. The van der Waals surface area contributed by atoms with Crippen LogP contribution in [0.4, 0.5) is 0 Å². The van der Waals surface area contributed by atoms with Crippen LogP contribution in [0.5, 0.6) is 0 Å². The molecule has 0 aliphatic rings. The number of hydrogen-bond donors (Lipinski definition) is 2. The van der Waals surface area contributed by atoms with Crippen LogP contribution in [0.25, 0.3) is 0 Å². The molecule has 0 fully saturated rings. The summed E-state index contributed by atoms with van der Waals surface area (Å²) in [5, 5.41) is 10.8. The van der Waals surface area contributed by atoms with Crippen molar-refractivity contribution in [3.05, 3.63) is 12.2 Å². The number of amidine groups is 1. The van der Waals surface area contributed by atoms with Gasteiger partial charge in [-0.3, -0.25) is 10.1 Å². The zero-order chi connectivity index (χ0) is 10.9. The molecule has 0 amide bonds. The lowest BCUT2D eigenvalue weighted by molar-refractivity contribution is 0.982. The van der Waals surface area contributed by atoms with Crippen LogP contribution in [0.3, 0.4) is 0 Å². The standard InChI is InChI=1S/C8H15N5S2.2ClH/c1-9-8(14-2)10-3-4-15-5-7-11-6-12-13-7;;/h6H,3-5H2,1-2H3,(H,9,10)(H,11,12,13);2*1H. The van der Waals surface area contributed by atoms with Crippen LogP contribution in [-0.4, -0.2) is 46.0 Å². The average Bonchev–Trinajstić information content (AvgIpc) is 2.76. The highest BCUT2D eigenvalue weighted by Crippen LogP contribution is 2.05. The van der Waals surface area contributed by atoms with Crippen molar-refractivity contribution in [2.75, 3.05) is 25.6 Å². The molecular weight excluding hydrogens is 301 g/mol. The van der Waals surface area contributed by atoms with E-state index in [0.29, 0.717) is 0 Å². The van der Waals surface area contributed by atoms with Crippen molar-refractivity contribution in [3.8, 4) is 0 Å². The third-order valence-electron chi connectivity index (χ3n) is 1.62. The second kappa shape index (κ2) is 12.3. The third kappa shape index (κ3) is 8.59. The number of halogens is 2. The highest BCUT2D eigenvalue weighted by atomic mass is 35.5. The second-order valence-electron chi connectivity index (χ2n) is 2.64. The molecule has 0 aliphatic heterocycles. The number of aliphatic imine (C=N–C) groups is 1. The minimum absolute atomic E-state index is 0. The molecule has 100 valence electrons. The molecule has 0 bridgehead atoms. The maximum Gasteiger partial charge on any atom is 0.156 e.